The van der Waals surface area contributed by atoms with E-state index in [9.17, 15) is 8.42 Å². The number of benzene rings is 1. The summed E-state index contributed by atoms with van der Waals surface area (Å²) in [6.07, 6.45) is 0.683. The van der Waals surface area contributed by atoms with E-state index in [4.69, 9.17) is 0 Å². The Balaban J connectivity index is 2.41. The van der Waals surface area contributed by atoms with Gasteiger partial charge in [0.05, 0.1) is 0 Å². The van der Waals surface area contributed by atoms with Gasteiger partial charge in [-0.3, -0.25) is 0 Å². The lowest BCUT2D eigenvalue weighted by Gasteiger charge is -2.13. The highest BCUT2D eigenvalue weighted by Crippen LogP contribution is 2.37. The second-order valence-electron chi connectivity index (χ2n) is 4.05. The fourth-order valence-corrected chi connectivity index (χ4v) is 4.02. The molecule has 3 nitrogen and oxygen atoms in total. The van der Waals surface area contributed by atoms with Crippen LogP contribution in [0.25, 0.3) is 0 Å². The largest absolute Gasteiger partial charge is 0.221 e. The van der Waals surface area contributed by atoms with Gasteiger partial charge >= 0.3 is 0 Å². The first kappa shape index (κ1) is 10.6. The molecule has 2 rings (SSSR count). The lowest BCUT2D eigenvalue weighted by atomic mass is 10.1. The Morgan fingerprint density at radius 3 is 2.33 bits per heavy atom. The van der Waals surface area contributed by atoms with Crippen molar-refractivity contribution in [2.45, 2.75) is 24.6 Å². The summed E-state index contributed by atoms with van der Waals surface area (Å²) in [7, 11) is -1.48. The second kappa shape index (κ2) is 3.61. The van der Waals surface area contributed by atoms with Crippen LogP contribution in [0.1, 0.15) is 24.2 Å². The lowest BCUT2D eigenvalue weighted by molar-refractivity contribution is 0.419. The lowest BCUT2D eigenvalue weighted by Crippen LogP contribution is -2.27. The maximum Gasteiger partial charge on any atom is 0.221 e. The summed E-state index contributed by atoms with van der Waals surface area (Å²) in [6.45, 7) is 1.94. The monoisotopic (exact) mass is 225 g/mol. The molecule has 0 radical (unpaired) electrons. The molecule has 1 aliphatic heterocycles. The molecule has 1 aromatic carbocycles. The van der Waals surface area contributed by atoms with Gasteiger partial charge in [0.1, 0.15) is 5.25 Å². The molecule has 0 unspecified atom stereocenters. The number of hydrogen-bond donors (Lipinski definition) is 0. The van der Waals surface area contributed by atoms with Gasteiger partial charge in [-0.15, -0.1) is 0 Å². The average molecular weight is 225 g/mol. The Morgan fingerprint density at radius 2 is 1.87 bits per heavy atom. The van der Waals surface area contributed by atoms with Gasteiger partial charge in [-0.25, -0.2) is 12.7 Å². The van der Waals surface area contributed by atoms with Crippen LogP contribution in [-0.2, 0) is 10.0 Å². The molecule has 15 heavy (non-hydrogen) atoms. The van der Waals surface area contributed by atoms with Crippen molar-refractivity contribution in [3.63, 3.8) is 0 Å². The molecule has 0 bridgehead atoms. The molecular formula is C11H15NO2S. The second-order valence-corrected chi connectivity index (χ2v) is 6.22. The molecule has 0 N–H and O–H groups in total. The molecule has 1 fully saturated rings. The van der Waals surface area contributed by atoms with E-state index in [1.54, 1.807) is 7.05 Å². The van der Waals surface area contributed by atoms with E-state index in [0.29, 0.717) is 6.42 Å². The normalized spacial score (nSPS) is 30.5. The predicted molar refractivity (Wildman–Crippen MR) is 59.9 cm³/mol. The van der Waals surface area contributed by atoms with Crippen molar-refractivity contribution in [2.75, 3.05) is 7.05 Å². The highest BCUT2D eigenvalue weighted by Gasteiger charge is 2.41. The van der Waals surface area contributed by atoms with Crippen molar-refractivity contribution >= 4 is 10.0 Å². The van der Waals surface area contributed by atoms with Crippen LogP contribution in [0.4, 0.5) is 0 Å². The standard InChI is InChI=1S/C11H15NO2S/c1-9-8-11(15(13,14)12(9)2)10-6-4-3-5-7-10/h3-7,9,11H,8H2,1-2H3/t9-,11-/m0/s1. The van der Waals surface area contributed by atoms with Crippen molar-refractivity contribution in [1.29, 1.82) is 0 Å². The summed E-state index contributed by atoms with van der Waals surface area (Å²) in [4.78, 5) is 0. The van der Waals surface area contributed by atoms with Crippen molar-refractivity contribution in [2.24, 2.45) is 0 Å². The Kier molecular flexibility index (Phi) is 2.56. The molecule has 1 aliphatic rings. The van der Waals surface area contributed by atoms with Crippen molar-refractivity contribution in [1.82, 2.24) is 4.31 Å². The van der Waals surface area contributed by atoms with Crippen LogP contribution in [0.2, 0.25) is 0 Å². The van der Waals surface area contributed by atoms with Crippen LogP contribution in [0.3, 0.4) is 0 Å². The topological polar surface area (TPSA) is 37.4 Å². The summed E-state index contributed by atoms with van der Waals surface area (Å²) in [6, 6.07) is 9.53. The third kappa shape index (κ3) is 1.68. The summed E-state index contributed by atoms with van der Waals surface area (Å²) in [5, 5.41) is -0.362. The van der Waals surface area contributed by atoms with E-state index in [-0.39, 0.29) is 11.3 Å². The number of hydrogen-bond acceptors (Lipinski definition) is 2. The molecule has 0 aromatic heterocycles. The zero-order valence-electron chi connectivity index (χ0n) is 8.92. The first-order valence-electron chi connectivity index (χ1n) is 5.05. The summed E-state index contributed by atoms with van der Waals surface area (Å²) < 4.78 is 25.5. The van der Waals surface area contributed by atoms with Gasteiger partial charge in [0.2, 0.25) is 10.0 Å². The van der Waals surface area contributed by atoms with Gasteiger partial charge in [0.25, 0.3) is 0 Å². The molecule has 82 valence electrons. The van der Waals surface area contributed by atoms with Gasteiger partial charge in [-0.05, 0) is 18.9 Å². The van der Waals surface area contributed by atoms with E-state index in [1.807, 2.05) is 37.3 Å². The van der Waals surface area contributed by atoms with Gasteiger partial charge < -0.3 is 0 Å². The van der Waals surface area contributed by atoms with Crippen molar-refractivity contribution in [3.8, 4) is 0 Å². The van der Waals surface area contributed by atoms with E-state index in [1.165, 1.54) is 4.31 Å². The minimum absolute atomic E-state index is 0.0974. The SMILES string of the molecule is C[C@H]1C[C@@H](c2ccccc2)S(=O)(=O)N1C. The smallest absolute Gasteiger partial charge is 0.212 e. The average Bonchev–Trinajstić information content (AvgIpc) is 2.43. The van der Waals surface area contributed by atoms with E-state index >= 15 is 0 Å². The molecule has 0 aliphatic carbocycles. The Labute approximate surface area is 90.8 Å². The Hall–Kier alpha value is -0.870. The first-order valence-corrected chi connectivity index (χ1v) is 6.55. The maximum absolute atomic E-state index is 12.0. The highest BCUT2D eigenvalue weighted by atomic mass is 32.2. The molecular weight excluding hydrogens is 210 g/mol. The maximum atomic E-state index is 12.0. The van der Waals surface area contributed by atoms with Crippen LogP contribution < -0.4 is 0 Å². The molecule has 0 spiro atoms. The summed E-state index contributed by atoms with van der Waals surface area (Å²) in [5.74, 6) is 0. The van der Waals surface area contributed by atoms with E-state index in [2.05, 4.69) is 0 Å². The quantitative estimate of drug-likeness (QED) is 0.730. The van der Waals surface area contributed by atoms with Crippen LogP contribution in [0.15, 0.2) is 30.3 Å². The highest BCUT2D eigenvalue weighted by molar-refractivity contribution is 7.89. The van der Waals surface area contributed by atoms with Gasteiger partial charge in [-0.2, -0.15) is 0 Å². The first-order chi connectivity index (χ1) is 7.03. The van der Waals surface area contributed by atoms with Gasteiger partial charge in [-0.1, -0.05) is 30.3 Å². The van der Waals surface area contributed by atoms with Crippen molar-refractivity contribution in [3.05, 3.63) is 35.9 Å². The molecule has 1 aromatic rings. The zero-order valence-corrected chi connectivity index (χ0v) is 9.74. The minimum Gasteiger partial charge on any atom is -0.212 e. The fourth-order valence-electron chi connectivity index (χ4n) is 2.01. The molecule has 0 amide bonds. The van der Waals surface area contributed by atoms with E-state index in [0.717, 1.165) is 5.56 Å². The fraction of sp³-hybridized carbons (Fsp3) is 0.455. The van der Waals surface area contributed by atoms with Crippen LogP contribution >= 0.6 is 0 Å². The number of rotatable bonds is 1. The molecule has 4 heteroatoms. The van der Waals surface area contributed by atoms with Crippen LogP contribution in [-0.4, -0.2) is 25.8 Å². The van der Waals surface area contributed by atoms with E-state index < -0.39 is 10.0 Å². The minimum atomic E-state index is -3.13. The van der Waals surface area contributed by atoms with Crippen LogP contribution in [0, 0.1) is 0 Å². The molecule has 1 heterocycles. The third-order valence-corrected chi connectivity index (χ3v) is 5.45. The predicted octanol–water partition coefficient (Wildman–Crippen LogP) is 1.78. The molecule has 2 atom stereocenters. The Bertz CT molecular complexity index is 441. The van der Waals surface area contributed by atoms with Gasteiger partial charge in [0, 0.05) is 13.1 Å². The Morgan fingerprint density at radius 1 is 1.27 bits per heavy atom. The third-order valence-electron chi connectivity index (χ3n) is 3.11. The molecule has 0 saturated carbocycles. The zero-order chi connectivity index (χ0) is 11.1. The summed E-state index contributed by atoms with van der Waals surface area (Å²) >= 11 is 0. The summed E-state index contributed by atoms with van der Waals surface area (Å²) in [5.41, 5.74) is 0.897. The number of sulfonamides is 1. The number of nitrogens with zero attached hydrogens (tertiary/aromatic N) is 1. The van der Waals surface area contributed by atoms with Crippen molar-refractivity contribution < 1.29 is 8.42 Å². The molecule has 1 saturated heterocycles. The van der Waals surface area contributed by atoms with Crippen LogP contribution in [0.5, 0.6) is 0 Å². The van der Waals surface area contributed by atoms with Gasteiger partial charge in [0.15, 0.2) is 0 Å².